The summed E-state index contributed by atoms with van der Waals surface area (Å²) >= 11 is 7.40. The minimum Gasteiger partial charge on any atom is -0.505 e. The van der Waals surface area contributed by atoms with E-state index < -0.39 is 0 Å². The number of hydrogen-bond donors (Lipinski definition) is 2. The highest BCUT2D eigenvalue weighted by atomic mass is 35.5. The molecule has 2 N–H and O–H groups in total. The van der Waals surface area contributed by atoms with Gasteiger partial charge in [-0.05, 0) is 42.5 Å². The van der Waals surface area contributed by atoms with Crippen molar-refractivity contribution < 1.29 is 9.52 Å². The van der Waals surface area contributed by atoms with Crippen LogP contribution in [-0.2, 0) is 6.54 Å². The van der Waals surface area contributed by atoms with Gasteiger partial charge in [0.15, 0.2) is 12.1 Å². The van der Waals surface area contributed by atoms with E-state index in [0.717, 1.165) is 34.9 Å². The average molecular weight is 490 g/mol. The molecule has 0 saturated heterocycles. The summed E-state index contributed by atoms with van der Waals surface area (Å²) in [6.45, 7) is 0.180. The maximum Gasteiger partial charge on any atom is 0.263 e. The van der Waals surface area contributed by atoms with Gasteiger partial charge < -0.3 is 9.52 Å². The van der Waals surface area contributed by atoms with E-state index in [-0.39, 0.29) is 22.9 Å². The van der Waals surface area contributed by atoms with Crippen molar-refractivity contribution >= 4 is 54.1 Å². The van der Waals surface area contributed by atoms with Crippen LogP contribution < -0.4 is 5.56 Å². The van der Waals surface area contributed by atoms with Crippen LogP contribution in [0.2, 0.25) is 5.02 Å². The van der Waals surface area contributed by atoms with Gasteiger partial charge in [-0.2, -0.15) is 5.10 Å². The molecule has 2 aromatic carbocycles. The smallest absolute Gasteiger partial charge is 0.263 e. The second-order valence-electron chi connectivity index (χ2n) is 8.52. The first-order valence-corrected chi connectivity index (χ1v) is 12.0. The highest BCUT2D eigenvalue weighted by Crippen LogP contribution is 2.46. The Bertz CT molecular complexity index is 1800. The molecule has 1 saturated carbocycles. The molecule has 34 heavy (non-hydrogen) atoms. The number of aromatic nitrogens is 5. The number of aromatic amines is 1. The lowest BCUT2D eigenvalue weighted by molar-refractivity contribution is 0.482. The first-order chi connectivity index (χ1) is 16.6. The molecule has 1 aliphatic rings. The number of oxazole rings is 1. The van der Waals surface area contributed by atoms with Crippen LogP contribution in [0, 0.1) is 0 Å². The highest BCUT2D eigenvalue weighted by molar-refractivity contribution is 7.25. The minimum absolute atomic E-state index is 0.0394. The van der Waals surface area contributed by atoms with Crippen LogP contribution in [0.5, 0.6) is 5.75 Å². The van der Waals surface area contributed by atoms with Gasteiger partial charge in [-0.25, -0.2) is 9.97 Å². The third-order valence-electron chi connectivity index (χ3n) is 6.35. The average Bonchev–Trinajstić information content (AvgIpc) is 3.21. The summed E-state index contributed by atoms with van der Waals surface area (Å²) in [5, 5.41) is 20.1. The summed E-state index contributed by atoms with van der Waals surface area (Å²) < 4.78 is 7.65. The number of phenolic OH excluding ortho intramolecular Hbond substituents is 1. The predicted octanol–water partition coefficient (Wildman–Crippen LogP) is 5.43. The number of benzene rings is 2. The van der Waals surface area contributed by atoms with Crippen molar-refractivity contribution in [3.05, 3.63) is 69.8 Å². The summed E-state index contributed by atoms with van der Waals surface area (Å²) in [5.41, 5.74) is 2.70. The van der Waals surface area contributed by atoms with Crippen LogP contribution in [0.1, 0.15) is 30.1 Å². The Balaban J connectivity index is 1.59. The van der Waals surface area contributed by atoms with Crippen LogP contribution in [0.4, 0.5) is 0 Å². The van der Waals surface area contributed by atoms with Gasteiger partial charge in [0.25, 0.3) is 5.56 Å². The Morgan fingerprint density at radius 3 is 2.94 bits per heavy atom. The lowest BCUT2D eigenvalue weighted by Gasteiger charge is -2.15. The van der Waals surface area contributed by atoms with Crippen LogP contribution in [0.25, 0.3) is 42.6 Å². The molecule has 6 aromatic rings. The number of rotatable bonds is 4. The summed E-state index contributed by atoms with van der Waals surface area (Å²) in [6, 6.07) is 7.50. The van der Waals surface area contributed by atoms with Crippen LogP contribution in [0.15, 0.2) is 52.3 Å². The monoisotopic (exact) mass is 489 g/mol. The standard InChI is InChI=1S/C24H16ClN5O3S/c25-17-4-3-14-19-23(34-21(14)20(17)31)28-22(30(24(19)32)9-13-8-26-10-33-13)16-6-18-12(7-27-29-18)5-15(16)11-1-2-11/h3-8,10-11,31H,1-2,9H2,(H,27,29). The molecule has 0 radical (unpaired) electrons. The second kappa shape index (κ2) is 7.15. The molecule has 10 heteroatoms. The van der Waals surface area contributed by atoms with Gasteiger partial charge in [-0.1, -0.05) is 17.7 Å². The summed E-state index contributed by atoms with van der Waals surface area (Å²) in [4.78, 5) is 23.5. The van der Waals surface area contributed by atoms with Crippen molar-refractivity contribution in [2.24, 2.45) is 0 Å². The first kappa shape index (κ1) is 19.7. The maximum absolute atomic E-state index is 14.0. The molecule has 168 valence electrons. The SMILES string of the molecule is O=c1c2c(nc(-c3cc4[nH]ncc4cc3C3CC3)n1Cc1cnco1)sc1c(O)c(Cl)ccc12. The van der Waals surface area contributed by atoms with Gasteiger partial charge in [-0.15, -0.1) is 11.3 Å². The number of H-pyrrole nitrogens is 1. The quantitative estimate of drug-likeness (QED) is 0.342. The van der Waals surface area contributed by atoms with E-state index in [2.05, 4.69) is 21.2 Å². The molecular weight excluding hydrogens is 474 g/mol. The van der Waals surface area contributed by atoms with E-state index >= 15 is 0 Å². The zero-order valence-electron chi connectivity index (χ0n) is 17.6. The van der Waals surface area contributed by atoms with Gasteiger partial charge in [0.1, 0.15) is 16.4 Å². The van der Waals surface area contributed by atoms with Gasteiger partial charge >= 0.3 is 0 Å². The Hall–Kier alpha value is -3.69. The fourth-order valence-corrected chi connectivity index (χ4v) is 5.87. The topological polar surface area (TPSA) is 110 Å². The van der Waals surface area contributed by atoms with Crippen molar-refractivity contribution in [1.29, 1.82) is 0 Å². The van der Waals surface area contributed by atoms with Gasteiger partial charge in [0.2, 0.25) is 0 Å². The van der Waals surface area contributed by atoms with Crippen molar-refractivity contribution in [2.75, 3.05) is 0 Å². The summed E-state index contributed by atoms with van der Waals surface area (Å²) in [5.74, 6) is 1.48. The van der Waals surface area contributed by atoms with E-state index in [1.54, 1.807) is 22.9 Å². The van der Waals surface area contributed by atoms with Crippen LogP contribution in [-0.4, -0.2) is 29.8 Å². The van der Waals surface area contributed by atoms with E-state index in [4.69, 9.17) is 21.0 Å². The third kappa shape index (κ3) is 2.90. The number of fused-ring (bicyclic) bond motifs is 4. The molecule has 1 aliphatic carbocycles. The van der Waals surface area contributed by atoms with E-state index in [0.29, 0.717) is 37.8 Å². The zero-order chi connectivity index (χ0) is 23.0. The van der Waals surface area contributed by atoms with E-state index in [1.807, 2.05) is 12.3 Å². The normalized spacial score (nSPS) is 14.0. The number of nitrogens with one attached hydrogen (secondary N) is 1. The molecule has 0 spiro atoms. The van der Waals surface area contributed by atoms with Crippen molar-refractivity contribution in [2.45, 2.75) is 25.3 Å². The molecule has 7 rings (SSSR count). The van der Waals surface area contributed by atoms with Gasteiger partial charge in [-0.3, -0.25) is 14.5 Å². The molecule has 0 amide bonds. The number of hydrogen-bond acceptors (Lipinski definition) is 7. The number of nitrogens with zero attached hydrogens (tertiary/aromatic N) is 4. The lowest BCUT2D eigenvalue weighted by Crippen LogP contribution is -2.24. The summed E-state index contributed by atoms with van der Waals surface area (Å²) in [6.07, 6.45) is 6.94. The Morgan fingerprint density at radius 2 is 2.15 bits per heavy atom. The molecule has 4 heterocycles. The van der Waals surface area contributed by atoms with Crippen LogP contribution >= 0.6 is 22.9 Å². The van der Waals surface area contributed by atoms with E-state index in [1.165, 1.54) is 17.7 Å². The number of phenols is 1. The van der Waals surface area contributed by atoms with Gasteiger partial charge in [0, 0.05) is 16.3 Å². The highest BCUT2D eigenvalue weighted by Gasteiger charge is 2.29. The molecule has 0 bridgehead atoms. The Labute approximate surface area is 200 Å². The second-order valence-corrected chi connectivity index (χ2v) is 9.93. The molecular formula is C24H16ClN5O3S. The molecule has 0 atom stereocenters. The minimum atomic E-state index is -0.212. The van der Waals surface area contributed by atoms with Crippen molar-refractivity contribution in [3.8, 4) is 17.1 Å². The number of halogens is 1. The Morgan fingerprint density at radius 1 is 1.26 bits per heavy atom. The molecule has 0 unspecified atom stereocenters. The van der Waals surface area contributed by atoms with Gasteiger partial charge in [0.05, 0.1) is 39.6 Å². The molecule has 0 aliphatic heterocycles. The molecule has 4 aromatic heterocycles. The fourth-order valence-electron chi connectivity index (χ4n) is 4.55. The molecule has 1 fully saturated rings. The Kier molecular flexibility index (Phi) is 4.15. The number of thiophene rings is 1. The number of aromatic hydroxyl groups is 1. The third-order valence-corrected chi connectivity index (χ3v) is 7.76. The van der Waals surface area contributed by atoms with E-state index in [9.17, 15) is 9.90 Å². The molecule has 8 nitrogen and oxygen atoms in total. The zero-order valence-corrected chi connectivity index (χ0v) is 19.2. The van der Waals surface area contributed by atoms with Crippen LogP contribution in [0.3, 0.4) is 0 Å². The fraction of sp³-hybridized carbons (Fsp3) is 0.167. The lowest BCUT2D eigenvalue weighted by atomic mass is 10.00. The van der Waals surface area contributed by atoms with Crippen molar-refractivity contribution in [3.63, 3.8) is 0 Å². The largest absolute Gasteiger partial charge is 0.505 e. The predicted molar refractivity (Wildman–Crippen MR) is 131 cm³/mol. The maximum atomic E-state index is 14.0. The van der Waals surface area contributed by atoms with Crippen molar-refractivity contribution in [1.82, 2.24) is 24.7 Å². The summed E-state index contributed by atoms with van der Waals surface area (Å²) in [7, 11) is 0. The first-order valence-electron chi connectivity index (χ1n) is 10.8.